The second kappa shape index (κ2) is 7.82. The molecule has 0 saturated heterocycles. The van der Waals surface area contributed by atoms with Gasteiger partial charge in [0.1, 0.15) is 5.60 Å². The van der Waals surface area contributed by atoms with E-state index in [2.05, 4.69) is 23.5 Å². The zero-order valence-electron chi connectivity index (χ0n) is 13.3. The van der Waals surface area contributed by atoms with Gasteiger partial charge < -0.3 is 10.1 Å². The van der Waals surface area contributed by atoms with Gasteiger partial charge in [-0.1, -0.05) is 43.2 Å². The van der Waals surface area contributed by atoms with E-state index in [1.54, 1.807) is 0 Å². The summed E-state index contributed by atoms with van der Waals surface area (Å²) < 4.78 is 5.17. The number of benzene rings is 1. The summed E-state index contributed by atoms with van der Waals surface area (Å²) >= 11 is 0. The number of alkyl carbamates (subject to hydrolysis) is 1. The minimum atomic E-state index is -0.452. The Morgan fingerprint density at radius 3 is 2.00 bits per heavy atom. The van der Waals surface area contributed by atoms with Crippen LogP contribution in [-0.2, 0) is 11.3 Å². The fourth-order valence-electron chi connectivity index (χ4n) is 1.66. The molecule has 19 heavy (non-hydrogen) atoms. The van der Waals surface area contributed by atoms with Crippen molar-refractivity contribution in [1.29, 1.82) is 0 Å². The molecule has 1 rings (SSSR count). The summed E-state index contributed by atoms with van der Waals surface area (Å²) in [4.78, 5) is 11.5. The molecule has 108 valence electrons. The molecule has 0 heterocycles. The highest BCUT2D eigenvalue weighted by Gasteiger charge is 2.15. The first-order valence-electron chi connectivity index (χ1n) is 6.80. The number of aryl methyl sites for hydroxylation is 2. The molecule has 3 nitrogen and oxygen atoms in total. The summed E-state index contributed by atoms with van der Waals surface area (Å²) in [7, 11) is 0. The number of hydrogen-bond donors (Lipinski definition) is 1. The molecule has 0 aliphatic rings. The van der Waals surface area contributed by atoms with Crippen LogP contribution < -0.4 is 5.32 Å². The average molecular weight is 265 g/mol. The summed E-state index contributed by atoms with van der Waals surface area (Å²) in [6.07, 6.45) is -0.378. The predicted octanol–water partition coefficient (Wildman–Crippen LogP) is 4.35. The van der Waals surface area contributed by atoms with Crippen molar-refractivity contribution in [2.75, 3.05) is 0 Å². The van der Waals surface area contributed by atoms with E-state index in [9.17, 15) is 4.79 Å². The first kappa shape index (κ1) is 17.5. The Morgan fingerprint density at radius 1 is 1.11 bits per heavy atom. The van der Waals surface area contributed by atoms with E-state index in [0.29, 0.717) is 6.54 Å². The van der Waals surface area contributed by atoms with Crippen molar-refractivity contribution >= 4 is 6.09 Å². The van der Waals surface area contributed by atoms with Crippen LogP contribution in [0.5, 0.6) is 0 Å². The van der Waals surface area contributed by atoms with Crippen LogP contribution in [0.2, 0.25) is 0 Å². The van der Waals surface area contributed by atoms with Gasteiger partial charge in [0.05, 0.1) is 0 Å². The summed E-state index contributed by atoms with van der Waals surface area (Å²) in [5, 5.41) is 2.75. The maximum atomic E-state index is 11.5. The lowest BCUT2D eigenvalue weighted by molar-refractivity contribution is 0.0523. The Balaban J connectivity index is 0.00000154. The van der Waals surface area contributed by atoms with Gasteiger partial charge in [0.15, 0.2) is 0 Å². The van der Waals surface area contributed by atoms with E-state index in [0.717, 1.165) is 5.56 Å². The topological polar surface area (TPSA) is 38.3 Å². The third kappa shape index (κ3) is 8.25. The van der Waals surface area contributed by atoms with Gasteiger partial charge in [-0.2, -0.15) is 0 Å². The maximum absolute atomic E-state index is 11.5. The molecule has 0 saturated carbocycles. The van der Waals surface area contributed by atoms with E-state index < -0.39 is 5.60 Å². The Hall–Kier alpha value is -1.51. The number of nitrogens with one attached hydrogen (secondary N) is 1. The molecule has 0 unspecified atom stereocenters. The van der Waals surface area contributed by atoms with Crippen molar-refractivity contribution in [1.82, 2.24) is 5.32 Å². The SMILES string of the molecule is CC.Cc1cc(C)cc(CNC(=O)OC(C)(C)C)c1. The zero-order valence-corrected chi connectivity index (χ0v) is 13.3. The average Bonchev–Trinajstić information content (AvgIpc) is 2.25. The molecule has 0 aromatic heterocycles. The highest BCUT2D eigenvalue weighted by atomic mass is 16.6. The normalized spacial score (nSPS) is 10.3. The van der Waals surface area contributed by atoms with Crippen LogP contribution in [0.3, 0.4) is 0 Å². The molecule has 0 aliphatic heterocycles. The van der Waals surface area contributed by atoms with E-state index in [-0.39, 0.29) is 6.09 Å². The van der Waals surface area contributed by atoms with Crippen molar-refractivity contribution < 1.29 is 9.53 Å². The van der Waals surface area contributed by atoms with Gasteiger partial charge in [-0.25, -0.2) is 4.79 Å². The molecule has 0 bridgehead atoms. The first-order chi connectivity index (χ1) is 8.76. The van der Waals surface area contributed by atoms with Gasteiger partial charge in [0, 0.05) is 6.54 Å². The molecule has 0 spiro atoms. The first-order valence-corrected chi connectivity index (χ1v) is 6.80. The number of carbonyl (C=O) groups excluding carboxylic acids is 1. The number of carbonyl (C=O) groups is 1. The van der Waals surface area contributed by atoms with Gasteiger partial charge in [-0.05, 0) is 40.2 Å². The van der Waals surface area contributed by atoms with Crippen LogP contribution in [0.15, 0.2) is 18.2 Å². The third-order valence-electron chi connectivity index (χ3n) is 2.12. The second-order valence-corrected chi connectivity index (χ2v) is 5.35. The molecule has 1 aromatic carbocycles. The molecule has 1 amide bonds. The fraction of sp³-hybridized carbons (Fsp3) is 0.562. The summed E-state index contributed by atoms with van der Waals surface area (Å²) in [5.41, 5.74) is 3.04. The lowest BCUT2D eigenvalue weighted by Gasteiger charge is -2.19. The molecular weight excluding hydrogens is 238 g/mol. The zero-order chi connectivity index (χ0) is 15.1. The number of ether oxygens (including phenoxy) is 1. The number of hydrogen-bond acceptors (Lipinski definition) is 2. The van der Waals surface area contributed by atoms with E-state index >= 15 is 0 Å². The van der Waals surface area contributed by atoms with Gasteiger partial charge in [-0.15, -0.1) is 0 Å². The Kier molecular flexibility index (Phi) is 7.20. The van der Waals surface area contributed by atoms with Gasteiger partial charge in [0.2, 0.25) is 0 Å². The molecular formula is C16H27NO2. The Morgan fingerprint density at radius 2 is 1.58 bits per heavy atom. The molecule has 3 heteroatoms. The lowest BCUT2D eigenvalue weighted by atomic mass is 10.1. The minimum absolute atomic E-state index is 0.378. The molecule has 0 fully saturated rings. The molecule has 1 aromatic rings. The molecule has 0 aliphatic carbocycles. The molecule has 0 atom stereocenters. The van der Waals surface area contributed by atoms with Crippen LogP contribution >= 0.6 is 0 Å². The predicted molar refractivity (Wildman–Crippen MR) is 80.3 cm³/mol. The van der Waals surface area contributed by atoms with E-state index in [4.69, 9.17) is 4.74 Å². The number of amides is 1. The summed E-state index contributed by atoms with van der Waals surface area (Å²) in [6.45, 7) is 14.1. The van der Waals surface area contributed by atoms with Crippen LogP contribution in [0.1, 0.15) is 51.3 Å². The van der Waals surface area contributed by atoms with Gasteiger partial charge in [0.25, 0.3) is 0 Å². The second-order valence-electron chi connectivity index (χ2n) is 5.35. The van der Waals surface area contributed by atoms with Crippen LogP contribution in [0, 0.1) is 13.8 Å². The highest BCUT2D eigenvalue weighted by molar-refractivity contribution is 5.67. The monoisotopic (exact) mass is 265 g/mol. The van der Waals surface area contributed by atoms with Crippen molar-refractivity contribution in [3.63, 3.8) is 0 Å². The molecule has 0 radical (unpaired) electrons. The Labute approximate surface area is 117 Å². The van der Waals surface area contributed by atoms with Crippen molar-refractivity contribution in [3.8, 4) is 0 Å². The van der Waals surface area contributed by atoms with Crippen LogP contribution in [-0.4, -0.2) is 11.7 Å². The molecule has 1 N–H and O–H groups in total. The van der Waals surface area contributed by atoms with Crippen molar-refractivity contribution in [2.24, 2.45) is 0 Å². The largest absolute Gasteiger partial charge is 0.444 e. The Bertz CT molecular complexity index is 385. The van der Waals surface area contributed by atoms with Crippen LogP contribution in [0.25, 0.3) is 0 Å². The standard InChI is InChI=1S/C14H21NO2.C2H6/c1-10-6-11(2)8-12(7-10)9-15-13(16)17-14(3,4)5;1-2/h6-8H,9H2,1-5H3,(H,15,16);1-2H3. The van der Waals surface area contributed by atoms with Crippen molar-refractivity contribution in [2.45, 2.75) is 60.6 Å². The lowest BCUT2D eigenvalue weighted by Crippen LogP contribution is -2.32. The summed E-state index contributed by atoms with van der Waals surface area (Å²) in [6, 6.07) is 6.23. The van der Waals surface area contributed by atoms with Crippen LogP contribution in [0.4, 0.5) is 4.79 Å². The van der Waals surface area contributed by atoms with Gasteiger partial charge in [-0.3, -0.25) is 0 Å². The third-order valence-corrected chi connectivity index (χ3v) is 2.12. The highest BCUT2D eigenvalue weighted by Crippen LogP contribution is 2.10. The smallest absolute Gasteiger partial charge is 0.407 e. The maximum Gasteiger partial charge on any atom is 0.407 e. The van der Waals surface area contributed by atoms with Crippen molar-refractivity contribution in [3.05, 3.63) is 34.9 Å². The number of rotatable bonds is 2. The summed E-state index contributed by atoms with van der Waals surface area (Å²) in [5.74, 6) is 0. The minimum Gasteiger partial charge on any atom is -0.444 e. The van der Waals surface area contributed by atoms with E-state index in [1.807, 2.05) is 48.5 Å². The van der Waals surface area contributed by atoms with E-state index in [1.165, 1.54) is 11.1 Å². The van der Waals surface area contributed by atoms with Gasteiger partial charge >= 0.3 is 6.09 Å². The fourth-order valence-corrected chi connectivity index (χ4v) is 1.66. The quantitative estimate of drug-likeness (QED) is 0.863.